The van der Waals surface area contributed by atoms with Crippen LogP contribution in [0.15, 0.2) is 35.1 Å². The molecule has 0 unspecified atom stereocenters. The van der Waals surface area contributed by atoms with Gasteiger partial charge in [0.2, 0.25) is 0 Å². The fourth-order valence-electron chi connectivity index (χ4n) is 2.78. The number of halogens is 1. The van der Waals surface area contributed by atoms with E-state index in [2.05, 4.69) is 55.2 Å². The highest BCUT2D eigenvalue weighted by atomic mass is 79.9. The first-order chi connectivity index (χ1) is 11.2. The zero-order chi connectivity index (χ0) is 16.2. The van der Waals surface area contributed by atoms with Crippen LogP contribution >= 0.6 is 15.9 Å². The van der Waals surface area contributed by atoms with Gasteiger partial charge in [0.05, 0.1) is 5.56 Å². The molecule has 1 fully saturated rings. The van der Waals surface area contributed by atoms with E-state index in [0.717, 1.165) is 47.6 Å². The molecule has 6 heteroatoms. The fraction of sp³-hybridized carbons (Fsp3) is 0.353. The monoisotopic (exact) mass is 371 g/mol. The molecule has 1 aliphatic heterocycles. The minimum absolute atomic E-state index is 0.428. The van der Waals surface area contributed by atoms with Crippen molar-refractivity contribution in [1.82, 2.24) is 9.97 Å². The molecule has 5 nitrogen and oxygen atoms in total. The highest BCUT2D eigenvalue weighted by Crippen LogP contribution is 2.22. The largest absolute Gasteiger partial charge is 0.367 e. The number of aryl methyl sites for hydroxylation is 1. The minimum Gasteiger partial charge on any atom is -0.367 e. The molecule has 1 aliphatic rings. The quantitative estimate of drug-likeness (QED) is 0.894. The first-order valence-corrected chi connectivity index (χ1v) is 8.45. The first-order valence-electron chi connectivity index (χ1n) is 7.65. The second kappa shape index (κ2) is 6.97. The number of nitrogens with one attached hydrogen (secondary N) is 1. The molecule has 0 atom stereocenters. The number of hydrogen-bond acceptors (Lipinski definition) is 5. The maximum atomic E-state index is 8.83. The van der Waals surface area contributed by atoms with Crippen molar-refractivity contribution in [3.8, 4) is 6.07 Å². The maximum absolute atomic E-state index is 8.83. The summed E-state index contributed by atoms with van der Waals surface area (Å²) in [4.78, 5) is 11.1. The second-order valence-electron chi connectivity index (χ2n) is 5.74. The summed E-state index contributed by atoms with van der Waals surface area (Å²) < 4.78 is 1.00. The average Bonchev–Trinajstić information content (AvgIpc) is 2.58. The van der Waals surface area contributed by atoms with Gasteiger partial charge in [0.25, 0.3) is 0 Å². The van der Waals surface area contributed by atoms with Crippen molar-refractivity contribution in [2.24, 2.45) is 0 Å². The fourth-order valence-corrected chi connectivity index (χ4v) is 3.22. The Kier molecular flexibility index (Phi) is 4.77. The Hall–Kier alpha value is -2.13. The van der Waals surface area contributed by atoms with Crippen LogP contribution in [0.2, 0.25) is 0 Å². The zero-order valence-corrected chi connectivity index (χ0v) is 14.5. The van der Waals surface area contributed by atoms with Crippen LogP contribution in [0, 0.1) is 18.3 Å². The molecule has 3 heterocycles. The van der Waals surface area contributed by atoms with Crippen LogP contribution in [-0.2, 0) is 0 Å². The number of piperidine rings is 1. The lowest BCUT2D eigenvalue weighted by atomic mass is 10.0. The molecule has 0 spiro atoms. The summed E-state index contributed by atoms with van der Waals surface area (Å²) in [6.45, 7) is 3.97. The standard InChI is InChI=1S/C17H18BrN5/c1-12-8-14(18)11-21-17(12)22-15-4-6-23(7-5-15)16-3-2-13(9-19)10-20-16/h2-3,8,10-11,15H,4-7H2,1H3,(H,21,22). The maximum Gasteiger partial charge on any atom is 0.129 e. The van der Waals surface area contributed by atoms with Crippen LogP contribution in [0.3, 0.4) is 0 Å². The van der Waals surface area contributed by atoms with Crippen LogP contribution in [0.1, 0.15) is 24.0 Å². The van der Waals surface area contributed by atoms with E-state index in [0.29, 0.717) is 11.6 Å². The number of pyridine rings is 2. The Labute approximate surface area is 144 Å². The lowest BCUT2D eigenvalue weighted by molar-refractivity contribution is 0.522. The molecule has 118 valence electrons. The number of hydrogen-bond donors (Lipinski definition) is 1. The van der Waals surface area contributed by atoms with Crippen molar-refractivity contribution in [2.45, 2.75) is 25.8 Å². The third-order valence-electron chi connectivity index (χ3n) is 4.08. The van der Waals surface area contributed by atoms with Crippen molar-refractivity contribution < 1.29 is 0 Å². The van der Waals surface area contributed by atoms with E-state index in [1.54, 1.807) is 6.20 Å². The molecule has 2 aromatic heterocycles. The van der Waals surface area contributed by atoms with Crippen LogP contribution in [0.4, 0.5) is 11.6 Å². The van der Waals surface area contributed by atoms with Crippen molar-refractivity contribution in [1.29, 1.82) is 5.26 Å². The van der Waals surface area contributed by atoms with Gasteiger partial charge < -0.3 is 10.2 Å². The summed E-state index contributed by atoms with van der Waals surface area (Å²) in [5, 5.41) is 12.4. The summed E-state index contributed by atoms with van der Waals surface area (Å²) >= 11 is 3.44. The van der Waals surface area contributed by atoms with Gasteiger partial charge in [0.1, 0.15) is 17.7 Å². The van der Waals surface area contributed by atoms with E-state index >= 15 is 0 Å². The normalized spacial score (nSPS) is 15.3. The van der Waals surface area contributed by atoms with Crippen molar-refractivity contribution in [3.05, 3.63) is 46.2 Å². The number of rotatable bonds is 3. The van der Waals surface area contributed by atoms with Gasteiger partial charge in [-0.25, -0.2) is 9.97 Å². The molecule has 2 aromatic rings. The van der Waals surface area contributed by atoms with Gasteiger partial charge in [-0.2, -0.15) is 5.26 Å². The van der Waals surface area contributed by atoms with Gasteiger partial charge in [-0.1, -0.05) is 0 Å². The van der Waals surface area contributed by atoms with Crippen molar-refractivity contribution in [3.63, 3.8) is 0 Å². The number of nitrogens with zero attached hydrogens (tertiary/aromatic N) is 4. The number of anilines is 2. The Morgan fingerprint density at radius 2 is 2.04 bits per heavy atom. The van der Waals surface area contributed by atoms with E-state index in [4.69, 9.17) is 5.26 Å². The molecule has 23 heavy (non-hydrogen) atoms. The molecular formula is C17H18BrN5. The molecule has 1 N–H and O–H groups in total. The Morgan fingerprint density at radius 1 is 1.26 bits per heavy atom. The highest BCUT2D eigenvalue weighted by molar-refractivity contribution is 9.10. The van der Waals surface area contributed by atoms with Gasteiger partial charge in [-0.15, -0.1) is 0 Å². The Bertz CT molecular complexity index is 715. The first kappa shape index (κ1) is 15.8. The molecular weight excluding hydrogens is 354 g/mol. The molecule has 0 amide bonds. The molecule has 0 aromatic carbocycles. The topological polar surface area (TPSA) is 64.8 Å². The summed E-state index contributed by atoms with van der Waals surface area (Å²) in [5.41, 5.74) is 1.75. The predicted octanol–water partition coefficient (Wildman–Crippen LogP) is 3.50. The SMILES string of the molecule is Cc1cc(Br)cnc1NC1CCN(c2ccc(C#N)cn2)CC1. The highest BCUT2D eigenvalue weighted by Gasteiger charge is 2.20. The van der Waals surface area contributed by atoms with Crippen LogP contribution in [-0.4, -0.2) is 29.1 Å². The molecule has 1 saturated heterocycles. The van der Waals surface area contributed by atoms with Crippen molar-refractivity contribution >= 4 is 27.6 Å². The Morgan fingerprint density at radius 3 is 2.65 bits per heavy atom. The summed E-state index contributed by atoms with van der Waals surface area (Å²) in [7, 11) is 0. The Balaban J connectivity index is 1.58. The van der Waals surface area contributed by atoms with Gasteiger partial charge in [0.15, 0.2) is 0 Å². The van der Waals surface area contributed by atoms with Crippen LogP contribution < -0.4 is 10.2 Å². The van der Waals surface area contributed by atoms with E-state index in [1.807, 2.05) is 18.3 Å². The van der Waals surface area contributed by atoms with Gasteiger partial charge in [-0.05, 0) is 59.5 Å². The number of aromatic nitrogens is 2. The summed E-state index contributed by atoms with van der Waals surface area (Å²) in [5.74, 6) is 1.91. The molecule has 0 bridgehead atoms. The van der Waals surface area contributed by atoms with Gasteiger partial charge in [-0.3, -0.25) is 0 Å². The molecule has 0 aliphatic carbocycles. The molecule has 0 radical (unpaired) electrons. The predicted molar refractivity (Wildman–Crippen MR) is 94.5 cm³/mol. The zero-order valence-electron chi connectivity index (χ0n) is 13.0. The minimum atomic E-state index is 0.428. The van der Waals surface area contributed by atoms with Gasteiger partial charge >= 0.3 is 0 Å². The average molecular weight is 372 g/mol. The van der Waals surface area contributed by atoms with Crippen LogP contribution in [0.25, 0.3) is 0 Å². The third kappa shape index (κ3) is 3.80. The lowest BCUT2D eigenvalue weighted by Crippen LogP contribution is -2.39. The third-order valence-corrected chi connectivity index (χ3v) is 4.52. The van der Waals surface area contributed by atoms with Crippen molar-refractivity contribution in [2.75, 3.05) is 23.3 Å². The second-order valence-corrected chi connectivity index (χ2v) is 6.66. The van der Waals surface area contributed by atoms with E-state index in [-0.39, 0.29) is 0 Å². The van der Waals surface area contributed by atoms with Gasteiger partial charge in [0, 0.05) is 36.0 Å². The smallest absolute Gasteiger partial charge is 0.129 e. The molecule has 0 saturated carbocycles. The summed E-state index contributed by atoms with van der Waals surface area (Å²) in [6, 6.07) is 8.35. The lowest BCUT2D eigenvalue weighted by Gasteiger charge is -2.33. The van der Waals surface area contributed by atoms with E-state index in [1.165, 1.54) is 0 Å². The van der Waals surface area contributed by atoms with E-state index < -0.39 is 0 Å². The number of nitriles is 1. The van der Waals surface area contributed by atoms with Crippen LogP contribution in [0.5, 0.6) is 0 Å². The summed E-state index contributed by atoms with van der Waals surface area (Å²) in [6.07, 6.45) is 5.54. The molecule has 3 rings (SSSR count). The van der Waals surface area contributed by atoms with E-state index in [9.17, 15) is 0 Å².